The fourth-order valence-corrected chi connectivity index (χ4v) is 6.82. The molecular weight excluding hydrogens is 296 g/mol. The van der Waals surface area contributed by atoms with Gasteiger partial charge in [0, 0.05) is 6.42 Å². The SMILES string of the molecule is C1=CCC(OC23CC4CC(C2)CC(OC2CC=CCC2)(C4)C3)CC1. The van der Waals surface area contributed by atoms with Gasteiger partial charge in [0.1, 0.15) is 0 Å². The van der Waals surface area contributed by atoms with E-state index in [2.05, 4.69) is 24.3 Å². The van der Waals surface area contributed by atoms with Gasteiger partial charge in [0.05, 0.1) is 23.4 Å². The van der Waals surface area contributed by atoms with Crippen LogP contribution in [0.1, 0.15) is 77.0 Å². The first-order valence-corrected chi connectivity index (χ1v) is 10.4. The topological polar surface area (TPSA) is 18.5 Å². The molecule has 132 valence electrons. The third-order valence-electron chi connectivity index (χ3n) is 7.23. The van der Waals surface area contributed by atoms with Crippen LogP contribution in [-0.2, 0) is 9.47 Å². The summed E-state index contributed by atoms with van der Waals surface area (Å²) in [5.74, 6) is 1.70. The zero-order valence-electron chi connectivity index (χ0n) is 14.9. The lowest BCUT2D eigenvalue weighted by Crippen LogP contribution is -2.62. The van der Waals surface area contributed by atoms with Crippen molar-refractivity contribution in [1.82, 2.24) is 0 Å². The largest absolute Gasteiger partial charge is 0.371 e. The minimum Gasteiger partial charge on any atom is -0.371 e. The van der Waals surface area contributed by atoms with Crippen LogP contribution in [-0.4, -0.2) is 23.4 Å². The molecule has 6 aliphatic rings. The predicted molar refractivity (Wildman–Crippen MR) is 95.9 cm³/mol. The van der Waals surface area contributed by atoms with Crippen molar-refractivity contribution in [2.24, 2.45) is 11.8 Å². The maximum absolute atomic E-state index is 6.86. The highest BCUT2D eigenvalue weighted by molar-refractivity contribution is 5.12. The van der Waals surface area contributed by atoms with Gasteiger partial charge in [-0.05, 0) is 82.5 Å². The van der Waals surface area contributed by atoms with Gasteiger partial charge in [-0.15, -0.1) is 0 Å². The highest BCUT2D eigenvalue weighted by Crippen LogP contribution is 2.61. The molecule has 4 fully saturated rings. The van der Waals surface area contributed by atoms with Gasteiger partial charge >= 0.3 is 0 Å². The molecule has 24 heavy (non-hydrogen) atoms. The Morgan fingerprint density at radius 1 is 0.667 bits per heavy atom. The Hall–Kier alpha value is -0.600. The first-order chi connectivity index (χ1) is 11.7. The van der Waals surface area contributed by atoms with Crippen molar-refractivity contribution in [3.05, 3.63) is 24.3 Å². The minimum absolute atomic E-state index is 0.143. The van der Waals surface area contributed by atoms with Gasteiger partial charge in [0.25, 0.3) is 0 Å². The number of hydrogen-bond acceptors (Lipinski definition) is 2. The van der Waals surface area contributed by atoms with Gasteiger partial charge in [-0.1, -0.05) is 24.3 Å². The second kappa shape index (κ2) is 5.99. The van der Waals surface area contributed by atoms with E-state index in [0.29, 0.717) is 12.2 Å². The van der Waals surface area contributed by atoms with Gasteiger partial charge < -0.3 is 9.47 Å². The first-order valence-electron chi connectivity index (χ1n) is 10.4. The molecule has 6 rings (SSSR count). The lowest BCUT2D eigenvalue weighted by Gasteiger charge is -2.62. The molecular formula is C22H32O2. The fraction of sp³-hybridized carbons (Fsp3) is 0.818. The van der Waals surface area contributed by atoms with E-state index in [1.54, 1.807) is 0 Å². The summed E-state index contributed by atoms with van der Waals surface area (Å²) in [5.41, 5.74) is 0.287. The average molecular weight is 328 g/mol. The maximum Gasteiger partial charge on any atom is 0.0719 e. The van der Waals surface area contributed by atoms with Crippen molar-refractivity contribution in [2.75, 3.05) is 0 Å². The van der Waals surface area contributed by atoms with Crippen LogP contribution in [0, 0.1) is 11.8 Å². The first kappa shape index (κ1) is 15.6. The van der Waals surface area contributed by atoms with Gasteiger partial charge in [0.15, 0.2) is 0 Å². The van der Waals surface area contributed by atoms with Crippen LogP contribution in [0.2, 0.25) is 0 Å². The van der Waals surface area contributed by atoms with Crippen LogP contribution in [0.4, 0.5) is 0 Å². The lowest BCUT2D eigenvalue weighted by atomic mass is 9.52. The van der Waals surface area contributed by atoms with Crippen LogP contribution in [0.25, 0.3) is 0 Å². The van der Waals surface area contributed by atoms with Crippen LogP contribution < -0.4 is 0 Å². The van der Waals surface area contributed by atoms with Crippen molar-refractivity contribution in [3.63, 3.8) is 0 Å². The molecule has 0 saturated heterocycles. The lowest BCUT2D eigenvalue weighted by molar-refractivity contribution is -0.261. The maximum atomic E-state index is 6.86. The summed E-state index contributed by atoms with van der Waals surface area (Å²) in [6.45, 7) is 0. The summed E-state index contributed by atoms with van der Waals surface area (Å²) in [6, 6.07) is 0. The molecule has 2 atom stereocenters. The highest BCUT2D eigenvalue weighted by atomic mass is 16.5. The number of hydrogen-bond donors (Lipinski definition) is 0. The van der Waals surface area contributed by atoms with E-state index in [0.717, 1.165) is 24.7 Å². The van der Waals surface area contributed by atoms with Crippen LogP contribution >= 0.6 is 0 Å². The monoisotopic (exact) mass is 328 g/mol. The van der Waals surface area contributed by atoms with Crippen molar-refractivity contribution < 1.29 is 9.47 Å². The smallest absolute Gasteiger partial charge is 0.0719 e. The second-order valence-corrected chi connectivity index (χ2v) is 9.38. The summed E-state index contributed by atoms with van der Waals surface area (Å²) >= 11 is 0. The molecule has 0 spiro atoms. The summed E-state index contributed by atoms with van der Waals surface area (Å²) in [5, 5.41) is 0. The molecule has 4 bridgehead atoms. The van der Waals surface area contributed by atoms with E-state index in [4.69, 9.17) is 9.47 Å². The predicted octanol–water partition coefficient (Wildman–Crippen LogP) is 5.33. The van der Waals surface area contributed by atoms with Crippen LogP contribution in [0.3, 0.4) is 0 Å². The van der Waals surface area contributed by atoms with Crippen molar-refractivity contribution >= 4 is 0 Å². The number of rotatable bonds is 4. The Labute approximate surface area is 146 Å². The zero-order valence-corrected chi connectivity index (χ0v) is 14.9. The van der Waals surface area contributed by atoms with E-state index in [1.165, 1.54) is 64.2 Å². The molecule has 0 aromatic heterocycles. The molecule has 2 unspecified atom stereocenters. The molecule has 0 amide bonds. The summed E-state index contributed by atoms with van der Waals surface area (Å²) in [6.07, 6.45) is 25.1. The Bertz CT molecular complexity index is 476. The Balaban J connectivity index is 1.34. The summed E-state index contributed by atoms with van der Waals surface area (Å²) < 4.78 is 13.7. The molecule has 0 aliphatic heterocycles. The van der Waals surface area contributed by atoms with Crippen LogP contribution in [0.15, 0.2) is 24.3 Å². The minimum atomic E-state index is 0.143. The Morgan fingerprint density at radius 2 is 1.17 bits per heavy atom. The molecule has 2 heteroatoms. The molecule has 6 aliphatic carbocycles. The molecule has 0 radical (unpaired) electrons. The summed E-state index contributed by atoms with van der Waals surface area (Å²) in [7, 11) is 0. The third-order valence-corrected chi connectivity index (χ3v) is 7.23. The van der Waals surface area contributed by atoms with Gasteiger partial charge in [-0.25, -0.2) is 0 Å². The van der Waals surface area contributed by atoms with Crippen molar-refractivity contribution in [2.45, 2.75) is 100 Å². The standard InChI is InChI=1S/C22H32O2/c1-3-7-19(8-4-1)23-21-12-17-11-18(13-21)15-22(14-17,16-21)24-20-9-5-2-6-10-20/h1-3,5,17-20H,4,6-16H2. The zero-order chi connectivity index (χ0) is 16.0. The number of allylic oxidation sites excluding steroid dienone is 2. The Morgan fingerprint density at radius 3 is 1.58 bits per heavy atom. The molecule has 2 nitrogen and oxygen atoms in total. The van der Waals surface area contributed by atoms with Gasteiger partial charge in [-0.2, -0.15) is 0 Å². The molecule has 0 N–H and O–H groups in total. The normalized spacial score (nSPS) is 49.7. The molecule has 4 saturated carbocycles. The van der Waals surface area contributed by atoms with Crippen LogP contribution in [0.5, 0.6) is 0 Å². The average Bonchev–Trinajstić information content (AvgIpc) is 2.54. The van der Waals surface area contributed by atoms with Crippen molar-refractivity contribution in [1.29, 1.82) is 0 Å². The fourth-order valence-electron chi connectivity index (χ4n) is 6.82. The quantitative estimate of drug-likeness (QED) is 0.650. The highest BCUT2D eigenvalue weighted by Gasteiger charge is 2.60. The third kappa shape index (κ3) is 2.90. The van der Waals surface area contributed by atoms with E-state index in [-0.39, 0.29) is 11.2 Å². The van der Waals surface area contributed by atoms with E-state index >= 15 is 0 Å². The number of ether oxygens (including phenoxy) is 2. The van der Waals surface area contributed by atoms with E-state index < -0.39 is 0 Å². The molecule has 0 aromatic rings. The second-order valence-electron chi connectivity index (χ2n) is 9.38. The summed E-state index contributed by atoms with van der Waals surface area (Å²) in [4.78, 5) is 0. The van der Waals surface area contributed by atoms with Gasteiger partial charge in [0.2, 0.25) is 0 Å². The van der Waals surface area contributed by atoms with E-state index in [9.17, 15) is 0 Å². The van der Waals surface area contributed by atoms with E-state index in [1.807, 2.05) is 0 Å². The molecule has 0 aromatic carbocycles. The van der Waals surface area contributed by atoms with Crippen molar-refractivity contribution in [3.8, 4) is 0 Å². The van der Waals surface area contributed by atoms with Gasteiger partial charge in [-0.3, -0.25) is 0 Å². The Kier molecular flexibility index (Phi) is 3.90. The molecule has 0 heterocycles.